The van der Waals surface area contributed by atoms with E-state index in [0.717, 1.165) is 46.6 Å². The molecule has 0 saturated carbocycles. The Kier molecular flexibility index (Phi) is 5.30. The minimum atomic E-state index is -3.23. The lowest BCUT2D eigenvalue weighted by Crippen LogP contribution is -2.02. The molecule has 0 bridgehead atoms. The van der Waals surface area contributed by atoms with Crippen LogP contribution in [0.2, 0.25) is 0 Å². The monoisotopic (exact) mass is 421 g/mol. The van der Waals surface area contributed by atoms with Crippen LogP contribution in [0, 0.1) is 6.92 Å². The molecule has 0 fully saturated rings. The van der Waals surface area contributed by atoms with Crippen molar-refractivity contribution in [1.82, 2.24) is 14.6 Å². The number of benzene rings is 2. The second kappa shape index (κ2) is 7.91. The van der Waals surface area contributed by atoms with Crippen LogP contribution in [0.15, 0.2) is 65.8 Å². The van der Waals surface area contributed by atoms with Gasteiger partial charge in [-0.25, -0.2) is 8.42 Å². The van der Waals surface area contributed by atoms with Crippen LogP contribution in [-0.4, -0.2) is 36.4 Å². The zero-order chi connectivity index (χ0) is 21.3. The highest BCUT2D eigenvalue weighted by molar-refractivity contribution is 7.90. The first kappa shape index (κ1) is 20.1. The molecule has 2 heterocycles. The summed E-state index contributed by atoms with van der Waals surface area (Å²) < 4.78 is 30.9. The van der Waals surface area contributed by atoms with Crippen LogP contribution in [-0.2, 0) is 22.7 Å². The standard InChI is InChI=1S/C23H23N3O3S/c1-16-4-5-18(22(14-16)29-2)6-9-19-10-13-21(23-25-24-15-26(19)23)17-7-11-20(12-8-17)30(3,27)28/h4-5,7-8,10-15H,6,9H2,1-3H3. The van der Waals surface area contributed by atoms with E-state index in [1.54, 1.807) is 37.7 Å². The zero-order valence-corrected chi connectivity index (χ0v) is 18.0. The molecule has 7 heteroatoms. The molecule has 4 aromatic rings. The molecule has 4 rings (SSSR count). The average molecular weight is 422 g/mol. The van der Waals surface area contributed by atoms with E-state index in [0.29, 0.717) is 4.90 Å². The van der Waals surface area contributed by atoms with Crippen molar-refractivity contribution in [2.45, 2.75) is 24.7 Å². The Morgan fingerprint density at radius 3 is 2.47 bits per heavy atom. The lowest BCUT2D eigenvalue weighted by atomic mass is 10.0. The zero-order valence-electron chi connectivity index (χ0n) is 17.2. The molecule has 2 aromatic carbocycles. The first-order valence-electron chi connectivity index (χ1n) is 9.62. The molecule has 0 amide bonds. The minimum Gasteiger partial charge on any atom is -0.496 e. The largest absolute Gasteiger partial charge is 0.496 e. The number of aromatic nitrogens is 3. The van der Waals surface area contributed by atoms with Gasteiger partial charge in [-0.05, 0) is 66.8 Å². The number of pyridine rings is 1. The summed E-state index contributed by atoms with van der Waals surface area (Å²) in [6, 6.07) is 17.2. The van der Waals surface area contributed by atoms with E-state index in [1.165, 1.54) is 11.8 Å². The summed E-state index contributed by atoms with van der Waals surface area (Å²) in [5.41, 5.74) is 5.97. The van der Waals surface area contributed by atoms with Gasteiger partial charge in [0.25, 0.3) is 0 Å². The number of aryl methyl sites for hydroxylation is 3. The van der Waals surface area contributed by atoms with Gasteiger partial charge in [-0.2, -0.15) is 0 Å². The molecule has 154 valence electrons. The summed E-state index contributed by atoms with van der Waals surface area (Å²) in [6.45, 7) is 2.05. The van der Waals surface area contributed by atoms with Gasteiger partial charge in [-0.15, -0.1) is 10.2 Å². The normalized spacial score (nSPS) is 11.7. The van der Waals surface area contributed by atoms with Crippen molar-refractivity contribution >= 4 is 15.5 Å². The number of rotatable bonds is 6. The number of methoxy groups -OCH3 is 1. The van der Waals surface area contributed by atoms with Crippen molar-refractivity contribution in [2.75, 3.05) is 13.4 Å². The lowest BCUT2D eigenvalue weighted by Gasteiger charge is -2.12. The molecular formula is C23H23N3O3S. The Bertz CT molecular complexity index is 1310. The topological polar surface area (TPSA) is 73.6 Å². The molecule has 0 N–H and O–H groups in total. The highest BCUT2D eigenvalue weighted by Gasteiger charge is 2.13. The van der Waals surface area contributed by atoms with Crippen molar-refractivity contribution in [2.24, 2.45) is 0 Å². The molecule has 30 heavy (non-hydrogen) atoms. The lowest BCUT2D eigenvalue weighted by molar-refractivity contribution is 0.409. The predicted octanol–water partition coefficient (Wildman–Crippen LogP) is 3.90. The molecule has 0 saturated heterocycles. The molecular weight excluding hydrogens is 398 g/mol. The van der Waals surface area contributed by atoms with E-state index in [-0.39, 0.29) is 0 Å². The fourth-order valence-corrected chi connectivity index (χ4v) is 4.23. The van der Waals surface area contributed by atoms with Gasteiger partial charge in [0, 0.05) is 17.5 Å². The van der Waals surface area contributed by atoms with Gasteiger partial charge in [-0.1, -0.05) is 24.3 Å². The molecule has 2 aromatic heterocycles. The van der Waals surface area contributed by atoms with Crippen molar-refractivity contribution in [3.8, 4) is 16.9 Å². The first-order chi connectivity index (χ1) is 14.4. The molecule has 0 unspecified atom stereocenters. The molecule has 0 spiro atoms. The van der Waals surface area contributed by atoms with Gasteiger partial charge in [0.15, 0.2) is 15.5 Å². The average Bonchev–Trinajstić information content (AvgIpc) is 3.22. The highest BCUT2D eigenvalue weighted by Crippen LogP contribution is 2.27. The van der Waals surface area contributed by atoms with Crippen LogP contribution in [0.1, 0.15) is 16.8 Å². The summed E-state index contributed by atoms with van der Waals surface area (Å²) in [5.74, 6) is 0.901. The summed E-state index contributed by atoms with van der Waals surface area (Å²) in [6.07, 6.45) is 4.56. The number of hydrogen-bond donors (Lipinski definition) is 0. The fourth-order valence-electron chi connectivity index (χ4n) is 3.60. The highest BCUT2D eigenvalue weighted by atomic mass is 32.2. The Balaban J connectivity index is 1.65. The van der Waals surface area contributed by atoms with Gasteiger partial charge in [0.2, 0.25) is 0 Å². The number of fused-ring (bicyclic) bond motifs is 1. The molecule has 0 atom stereocenters. The second-order valence-electron chi connectivity index (χ2n) is 7.37. The van der Waals surface area contributed by atoms with E-state index >= 15 is 0 Å². The third kappa shape index (κ3) is 3.93. The Morgan fingerprint density at radius 2 is 1.77 bits per heavy atom. The van der Waals surface area contributed by atoms with Crippen molar-refractivity contribution < 1.29 is 13.2 Å². The number of nitrogens with zero attached hydrogens (tertiary/aromatic N) is 3. The third-order valence-electron chi connectivity index (χ3n) is 5.23. The smallest absolute Gasteiger partial charge is 0.175 e. The first-order valence-corrected chi connectivity index (χ1v) is 11.5. The van der Waals surface area contributed by atoms with E-state index in [2.05, 4.69) is 28.4 Å². The molecule has 6 nitrogen and oxygen atoms in total. The number of ether oxygens (including phenoxy) is 1. The minimum absolute atomic E-state index is 0.299. The second-order valence-corrected chi connectivity index (χ2v) is 9.39. The molecule has 0 aliphatic heterocycles. The molecule has 0 aliphatic carbocycles. The molecule has 0 aliphatic rings. The SMILES string of the molecule is COc1cc(C)ccc1CCc1ccc(-c2ccc(S(C)(=O)=O)cc2)c2nncn12. The van der Waals surface area contributed by atoms with Crippen molar-refractivity contribution in [3.63, 3.8) is 0 Å². The Morgan fingerprint density at radius 1 is 1.00 bits per heavy atom. The molecule has 0 radical (unpaired) electrons. The number of hydrogen-bond acceptors (Lipinski definition) is 5. The van der Waals surface area contributed by atoms with Gasteiger partial charge < -0.3 is 4.74 Å². The van der Waals surface area contributed by atoms with Gasteiger partial charge in [0.05, 0.1) is 12.0 Å². The summed E-state index contributed by atoms with van der Waals surface area (Å²) >= 11 is 0. The van der Waals surface area contributed by atoms with Crippen LogP contribution >= 0.6 is 0 Å². The van der Waals surface area contributed by atoms with Gasteiger partial charge in [0.1, 0.15) is 12.1 Å². The Hall–Kier alpha value is -3.19. The third-order valence-corrected chi connectivity index (χ3v) is 6.36. The maximum absolute atomic E-state index is 11.7. The van der Waals surface area contributed by atoms with Crippen LogP contribution < -0.4 is 4.74 Å². The number of sulfone groups is 1. The van der Waals surface area contributed by atoms with Crippen LogP contribution in [0.5, 0.6) is 5.75 Å². The summed E-state index contributed by atoms with van der Waals surface area (Å²) in [5, 5.41) is 8.39. The predicted molar refractivity (Wildman–Crippen MR) is 117 cm³/mol. The van der Waals surface area contributed by atoms with E-state index < -0.39 is 9.84 Å². The van der Waals surface area contributed by atoms with E-state index in [9.17, 15) is 8.42 Å². The fraction of sp³-hybridized carbons (Fsp3) is 0.217. The van der Waals surface area contributed by atoms with Crippen LogP contribution in [0.4, 0.5) is 0 Å². The maximum Gasteiger partial charge on any atom is 0.175 e. The van der Waals surface area contributed by atoms with Crippen molar-refractivity contribution in [3.05, 3.63) is 77.7 Å². The quantitative estimate of drug-likeness (QED) is 0.472. The summed E-state index contributed by atoms with van der Waals surface area (Å²) in [7, 11) is -1.53. The van der Waals surface area contributed by atoms with Crippen LogP contribution in [0.3, 0.4) is 0 Å². The van der Waals surface area contributed by atoms with Crippen LogP contribution in [0.25, 0.3) is 16.8 Å². The van der Waals surface area contributed by atoms with E-state index in [1.807, 2.05) is 23.5 Å². The maximum atomic E-state index is 11.7. The Labute approximate surface area is 176 Å². The summed E-state index contributed by atoms with van der Waals surface area (Å²) in [4.78, 5) is 0.299. The van der Waals surface area contributed by atoms with Gasteiger partial charge >= 0.3 is 0 Å². The van der Waals surface area contributed by atoms with Gasteiger partial charge in [-0.3, -0.25) is 4.40 Å². The van der Waals surface area contributed by atoms with E-state index in [4.69, 9.17) is 4.74 Å². The van der Waals surface area contributed by atoms with Crippen molar-refractivity contribution in [1.29, 1.82) is 0 Å².